The second kappa shape index (κ2) is 8.23. The van der Waals surface area contributed by atoms with Crippen LogP contribution in [0.15, 0.2) is 18.2 Å². The zero-order chi connectivity index (χ0) is 14.3. The van der Waals surface area contributed by atoms with Crippen LogP contribution in [-0.2, 0) is 11.2 Å². The van der Waals surface area contributed by atoms with E-state index in [0.29, 0.717) is 18.6 Å². The molecule has 1 rings (SSSR count). The van der Waals surface area contributed by atoms with Crippen molar-refractivity contribution in [3.63, 3.8) is 0 Å². The highest BCUT2D eigenvalue weighted by atomic mass is 19.1. The maximum absolute atomic E-state index is 13.2. The molecule has 1 aromatic rings. The normalized spacial score (nSPS) is 14.4. The molecule has 0 fully saturated rings. The number of ether oxygens (including phenoxy) is 1. The van der Waals surface area contributed by atoms with Crippen molar-refractivity contribution in [1.82, 2.24) is 5.32 Å². The molecule has 0 saturated carbocycles. The molecule has 0 aliphatic carbocycles. The van der Waals surface area contributed by atoms with Gasteiger partial charge in [-0.25, -0.2) is 8.78 Å². The Morgan fingerprint density at radius 2 is 1.79 bits per heavy atom. The fourth-order valence-electron chi connectivity index (χ4n) is 2.10. The molecule has 0 bridgehead atoms. The summed E-state index contributed by atoms with van der Waals surface area (Å²) >= 11 is 0. The number of halogens is 2. The average Bonchev–Trinajstić information content (AvgIpc) is 2.33. The fourth-order valence-corrected chi connectivity index (χ4v) is 2.10. The second-order valence-electron chi connectivity index (χ2n) is 4.70. The SMILES string of the molecule is CCCNC(Cc1cc(F)cc(F)c1)C(C)OCC. The van der Waals surface area contributed by atoms with Gasteiger partial charge in [0.2, 0.25) is 0 Å². The van der Waals surface area contributed by atoms with Crippen molar-refractivity contribution >= 4 is 0 Å². The molecule has 0 saturated heterocycles. The van der Waals surface area contributed by atoms with Crippen molar-refractivity contribution in [2.45, 2.75) is 45.8 Å². The van der Waals surface area contributed by atoms with Gasteiger partial charge in [0.15, 0.2) is 0 Å². The van der Waals surface area contributed by atoms with Gasteiger partial charge in [0, 0.05) is 18.7 Å². The molecule has 0 heterocycles. The van der Waals surface area contributed by atoms with E-state index < -0.39 is 11.6 Å². The maximum Gasteiger partial charge on any atom is 0.126 e. The lowest BCUT2D eigenvalue weighted by Gasteiger charge is -2.25. The Kier molecular flexibility index (Phi) is 6.95. The Balaban J connectivity index is 2.74. The van der Waals surface area contributed by atoms with E-state index in [9.17, 15) is 8.78 Å². The van der Waals surface area contributed by atoms with E-state index in [1.807, 2.05) is 13.8 Å². The molecule has 1 aromatic carbocycles. The van der Waals surface area contributed by atoms with Gasteiger partial charge in [-0.3, -0.25) is 0 Å². The standard InChI is InChI=1S/C15H23F2NO/c1-4-6-18-15(11(3)19-5-2)9-12-7-13(16)10-14(17)8-12/h7-8,10-11,15,18H,4-6,9H2,1-3H3. The summed E-state index contributed by atoms with van der Waals surface area (Å²) in [5.41, 5.74) is 0.651. The molecule has 0 spiro atoms. The highest BCUT2D eigenvalue weighted by molar-refractivity contribution is 5.19. The van der Waals surface area contributed by atoms with Crippen molar-refractivity contribution in [1.29, 1.82) is 0 Å². The number of rotatable bonds is 8. The first-order chi connectivity index (χ1) is 9.06. The van der Waals surface area contributed by atoms with Gasteiger partial charge in [-0.05, 0) is 50.9 Å². The van der Waals surface area contributed by atoms with Gasteiger partial charge < -0.3 is 10.1 Å². The highest BCUT2D eigenvalue weighted by Crippen LogP contribution is 2.13. The fraction of sp³-hybridized carbons (Fsp3) is 0.600. The minimum Gasteiger partial charge on any atom is -0.377 e. The topological polar surface area (TPSA) is 21.3 Å². The Morgan fingerprint density at radius 1 is 1.16 bits per heavy atom. The van der Waals surface area contributed by atoms with Crippen LogP contribution in [0.3, 0.4) is 0 Å². The first kappa shape index (κ1) is 16.1. The predicted molar refractivity (Wildman–Crippen MR) is 73.2 cm³/mol. The van der Waals surface area contributed by atoms with Crippen molar-refractivity contribution in [3.05, 3.63) is 35.4 Å². The average molecular weight is 271 g/mol. The van der Waals surface area contributed by atoms with Crippen molar-refractivity contribution in [3.8, 4) is 0 Å². The summed E-state index contributed by atoms with van der Waals surface area (Å²) in [5.74, 6) is -1.07. The first-order valence-corrected chi connectivity index (χ1v) is 6.86. The summed E-state index contributed by atoms with van der Waals surface area (Å²) in [6.07, 6.45) is 1.56. The van der Waals surface area contributed by atoms with Crippen LogP contribution in [0.1, 0.15) is 32.8 Å². The van der Waals surface area contributed by atoms with Crippen LogP contribution in [0.25, 0.3) is 0 Å². The third-order valence-electron chi connectivity index (χ3n) is 3.03. The molecule has 1 N–H and O–H groups in total. The quantitative estimate of drug-likeness (QED) is 0.783. The van der Waals surface area contributed by atoms with Gasteiger partial charge in [-0.2, -0.15) is 0 Å². The van der Waals surface area contributed by atoms with Gasteiger partial charge >= 0.3 is 0 Å². The van der Waals surface area contributed by atoms with Crippen LogP contribution >= 0.6 is 0 Å². The van der Waals surface area contributed by atoms with Crippen LogP contribution in [0.5, 0.6) is 0 Å². The molecular formula is C15H23F2NO. The molecule has 0 amide bonds. The summed E-state index contributed by atoms with van der Waals surface area (Å²) in [4.78, 5) is 0. The smallest absolute Gasteiger partial charge is 0.126 e. The van der Waals surface area contributed by atoms with E-state index in [2.05, 4.69) is 12.2 Å². The van der Waals surface area contributed by atoms with Gasteiger partial charge in [0.25, 0.3) is 0 Å². The summed E-state index contributed by atoms with van der Waals surface area (Å²) in [6.45, 7) is 7.49. The van der Waals surface area contributed by atoms with E-state index in [-0.39, 0.29) is 12.1 Å². The van der Waals surface area contributed by atoms with E-state index in [1.54, 1.807) is 0 Å². The summed E-state index contributed by atoms with van der Waals surface area (Å²) < 4.78 is 32.0. The zero-order valence-corrected chi connectivity index (χ0v) is 11.9. The van der Waals surface area contributed by atoms with Gasteiger partial charge in [0.1, 0.15) is 11.6 Å². The van der Waals surface area contributed by atoms with Crippen LogP contribution in [0.4, 0.5) is 8.78 Å². The lowest BCUT2D eigenvalue weighted by atomic mass is 10.0. The summed E-state index contributed by atoms with van der Waals surface area (Å²) in [6, 6.07) is 3.70. The molecule has 4 heteroatoms. The van der Waals surface area contributed by atoms with E-state index in [4.69, 9.17) is 4.74 Å². The van der Waals surface area contributed by atoms with Gasteiger partial charge in [0.05, 0.1) is 6.10 Å². The molecule has 2 unspecified atom stereocenters. The van der Waals surface area contributed by atoms with Gasteiger partial charge in [-0.15, -0.1) is 0 Å². The van der Waals surface area contributed by atoms with Crippen LogP contribution < -0.4 is 5.32 Å². The Labute approximate surface area is 114 Å². The number of hydrogen-bond acceptors (Lipinski definition) is 2. The predicted octanol–water partition coefficient (Wildman–Crippen LogP) is 3.30. The molecule has 0 radical (unpaired) electrons. The molecule has 19 heavy (non-hydrogen) atoms. The van der Waals surface area contributed by atoms with Crippen molar-refractivity contribution in [2.24, 2.45) is 0 Å². The third kappa shape index (κ3) is 5.66. The molecule has 2 nitrogen and oxygen atoms in total. The molecule has 0 aliphatic heterocycles. The van der Waals surface area contributed by atoms with Crippen molar-refractivity contribution < 1.29 is 13.5 Å². The summed E-state index contributed by atoms with van der Waals surface area (Å²) in [5, 5.41) is 3.37. The third-order valence-corrected chi connectivity index (χ3v) is 3.03. The molecule has 0 aromatic heterocycles. The van der Waals surface area contributed by atoms with Crippen molar-refractivity contribution in [2.75, 3.05) is 13.2 Å². The van der Waals surface area contributed by atoms with Crippen LogP contribution in [-0.4, -0.2) is 25.3 Å². The number of benzene rings is 1. The largest absolute Gasteiger partial charge is 0.377 e. The van der Waals surface area contributed by atoms with Gasteiger partial charge in [-0.1, -0.05) is 6.92 Å². The van der Waals surface area contributed by atoms with E-state index >= 15 is 0 Å². The Morgan fingerprint density at radius 3 is 2.32 bits per heavy atom. The Hall–Kier alpha value is -1.00. The lowest BCUT2D eigenvalue weighted by Crippen LogP contribution is -2.42. The summed E-state index contributed by atoms with van der Waals surface area (Å²) in [7, 11) is 0. The Bertz CT molecular complexity index is 364. The molecule has 0 aliphatic rings. The van der Waals surface area contributed by atoms with Crippen LogP contribution in [0, 0.1) is 11.6 Å². The second-order valence-corrected chi connectivity index (χ2v) is 4.70. The zero-order valence-electron chi connectivity index (χ0n) is 11.9. The molecule has 2 atom stereocenters. The van der Waals surface area contributed by atoms with E-state index in [0.717, 1.165) is 19.0 Å². The minimum atomic E-state index is -0.534. The monoisotopic (exact) mass is 271 g/mol. The molecular weight excluding hydrogens is 248 g/mol. The number of nitrogens with one attached hydrogen (secondary N) is 1. The van der Waals surface area contributed by atoms with Crippen LogP contribution in [0.2, 0.25) is 0 Å². The number of hydrogen-bond donors (Lipinski definition) is 1. The maximum atomic E-state index is 13.2. The minimum absolute atomic E-state index is 0.00267. The molecule has 108 valence electrons. The first-order valence-electron chi connectivity index (χ1n) is 6.86. The van der Waals surface area contributed by atoms with E-state index in [1.165, 1.54) is 12.1 Å². The highest BCUT2D eigenvalue weighted by Gasteiger charge is 2.18. The lowest BCUT2D eigenvalue weighted by molar-refractivity contribution is 0.0476.